The Morgan fingerprint density at radius 2 is 2.19 bits per heavy atom. The fourth-order valence-electron chi connectivity index (χ4n) is 3.58. The van der Waals surface area contributed by atoms with Crippen LogP contribution >= 0.6 is 15.9 Å². The quantitative estimate of drug-likeness (QED) is 0.787. The van der Waals surface area contributed by atoms with Gasteiger partial charge in [-0.3, -0.25) is 4.79 Å². The van der Waals surface area contributed by atoms with Crippen LogP contribution in [0.25, 0.3) is 0 Å². The highest BCUT2D eigenvalue weighted by molar-refractivity contribution is 9.10. The number of fused-ring (bicyclic) bond motifs is 3. The predicted molar refractivity (Wildman–Crippen MR) is 81.8 cm³/mol. The summed E-state index contributed by atoms with van der Waals surface area (Å²) in [4.78, 5) is 25.7. The van der Waals surface area contributed by atoms with E-state index in [2.05, 4.69) is 34.2 Å². The maximum atomic E-state index is 12.0. The zero-order valence-electron chi connectivity index (χ0n) is 12.1. The normalized spacial score (nSPS) is 29.6. The Kier molecular flexibility index (Phi) is 3.24. The molecule has 2 aliphatic heterocycles. The number of methoxy groups -OCH3 is 1. The van der Waals surface area contributed by atoms with Gasteiger partial charge in [0, 0.05) is 22.5 Å². The molecule has 1 amide bonds. The molecular formula is C15H17BrN2O3. The lowest BCUT2D eigenvalue weighted by molar-refractivity contribution is -0.151. The minimum atomic E-state index is -0.540. The molecule has 1 N–H and O–H groups in total. The summed E-state index contributed by atoms with van der Waals surface area (Å²) in [5.41, 5.74) is 1.84. The third kappa shape index (κ3) is 1.96. The number of carbonyl (C=O) groups is 2. The van der Waals surface area contributed by atoms with E-state index in [0.717, 1.165) is 15.7 Å². The standard InChI is InChI=1S/C15H17BrN2O3/c1-8(19)18-12(13(20)21-3)7-15(2)10-6-9(16)4-5-11(10)17-14(15)18/h4-6,12,14,17H,7H2,1-3H3/t12?,14-,15-/m0/s1. The predicted octanol–water partition coefficient (Wildman–Crippen LogP) is 2.25. The molecule has 2 heterocycles. The molecule has 5 nitrogen and oxygen atoms in total. The van der Waals surface area contributed by atoms with Crippen molar-refractivity contribution in [3.63, 3.8) is 0 Å². The van der Waals surface area contributed by atoms with Crippen LogP contribution < -0.4 is 5.32 Å². The lowest BCUT2D eigenvalue weighted by atomic mass is 9.80. The molecular weight excluding hydrogens is 336 g/mol. The van der Waals surface area contributed by atoms with Crippen molar-refractivity contribution < 1.29 is 14.3 Å². The monoisotopic (exact) mass is 352 g/mol. The van der Waals surface area contributed by atoms with Gasteiger partial charge < -0.3 is 15.0 Å². The second-order valence-corrected chi connectivity index (χ2v) is 6.74. The minimum absolute atomic E-state index is 0.126. The molecule has 6 heteroatoms. The van der Waals surface area contributed by atoms with Gasteiger partial charge in [0.15, 0.2) is 0 Å². The van der Waals surface area contributed by atoms with Crippen molar-refractivity contribution in [3.8, 4) is 0 Å². The van der Waals surface area contributed by atoms with Gasteiger partial charge in [0.2, 0.25) is 5.91 Å². The van der Waals surface area contributed by atoms with E-state index in [0.29, 0.717) is 6.42 Å². The Morgan fingerprint density at radius 1 is 1.48 bits per heavy atom. The number of ether oxygens (including phenoxy) is 1. The molecule has 2 aliphatic rings. The highest BCUT2D eigenvalue weighted by Gasteiger charge is 2.57. The largest absolute Gasteiger partial charge is 0.467 e. The van der Waals surface area contributed by atoms with Gasteiger partial charge in [-0.1, -0.05) is 22.9 Å². The first-order valence-electron chi connectivity index (χ1n) is 6.82. The summed E-state index contributed by atoms with van der Waals surface area (Å²) in [6.45, 7) is 3.57. The van der Waals surface area contributed by atoms with Crippen molar-refractivity contribution >= 4 is 33.5 Å². The lowest BCUT2D eigenvalue weighted by Crippen LogP contribution is -2.48. The number of hydrogen-bond acceptors (Lipinski definition) is 4. The number of nitrogens with one attached hydrogen (secondary N) is 1. The number of hydrogen-bond donors (Lipinski definition) is 1. The van der Waals surface area contributed by atoms with E-state index < -0.39 is 6.04 Å². The van der Waals surface area contributed by atoms with Gasteiger partial charge in [0.25, 0.3) is 0 Å². The lowest BCUT2D eigenvalue weighted by Gasteiger charge is -2.30. The van der Waals surface area contributed by atoms with Crippen LogP contribution in [0.4, 0.5) is 5.69 Å². The first-order valence-corrected chi connectivity index (χ1v) is 7.61. The van der Waals surface area contributed by atoms with Crippen LogP contribution in [-0.2, 0) is 19.7 Å². The van der Waals surface area contributed by atoms with Crippen LogP contribution in [-0.4, -0.2) is 36.1 Å². The van der Waals surface area contributed by atoms with E-state index in [1.807, 2.05) is 12.1 Å². The number of anilines is 1. The molecule has 112 valence electrons. The maximum Gasteiger partial charge on any atom is 0.328 e. The van der Waals surface area contributed by atoms with Gasteiger partial charge in [0.05, 0.1) is 7.11 Å². The summed E-state index contributed by atoms with van der Waals surface area (Å²) in [7, 11) is 1.36. The van der Waals surface area contributed by atoms with Crippen LogP contribution in [0.3, 0.4) is 0 Å². The van der Waals surface area contributed by atoms with Gasteiger partial charge in [-0.2, -0.15) is 0 Å². The number of nitrogens with zero attached hydrogens (tertiary/aromatic N) is 1. The van der Waals surface area contributed by atoms with Crippen LogP contribution in [0.15, 0.2) is 22.7 Å². The summed E-state index contributed by atoms with van der Waals surface area (Å²) in [6.07, 6.45) is 0.337. The van der Waals surface area contributed by atoms with Crippen molar-refractivity contribution in [3.05, 3.63) is 28.2 Å². The molecule has 1 unspecified atom stereocenters. The zero-order chi connectivity index (χ0) is 15.4. The highest BCUT2D eigenvalue weighted by Crippen LogP contribution is 2.51. The molecule has 0 aliphatic carbocycles. The molecule has 0 bridgehead atoms. The SMILES string of the molecule is COC(=O)C1C[C@@]2(C)c3cc(Br)ccc3N[C@H]2N1C(C)=O. The number of esters is 1. The van der Waals surface area contributed by atoms with Gasteiger partial charge in [-0.15, -0.1) is 0 Å². The second-order valence-electron chi connectivity index (χ2n) is 5.82. The first kappa shape index (κ1) is 14.4. The molecule has 1 fully saturated rings. The van der Waals surface area contributed by atoms with Crippen LogP contribution in [0.1, 0.15) is 25.8 Å². The number of carbonyl (C=O) groups excluding carboxylic acids is 2. The fourth-order valence-corrected chi connectivity index (χ4v) is 3.94. The summed E-state index contributed by atoms with van der Waals surface area (Å²) in [6, 6.07) is 5.48. The van der Waals surface area contributed by atoms with Crippen molar-refractivity contribution in [2.45, 2.75) is 37.9 Å². The number of likely N-dealkylation sites (tertiary alicyclic amines) is 1. The Labute approximate surface area is 131 Å². The Balaban J connectivity index is 2.08. The van der Waals surface area contributed by atoms with Gasteiger partial charge in [0.1, 0.15) is 12.2 Å². The Bertz CT molecular complexity index is 633. The molecule has 3 rings (SSSR count). The van der Waals surface area contributed by atoms with E-state index in [9.17, 15) is 9.59 Å². The van der Waals surface area contributed by atoms with Crippen LogP contribution in [0, 0.1) is 0 Å². The molecule has 1 saturated heterocycles. The van der Waals surface area contributed by atoms with E-state index >= 15 is 0 Å². The molecule has 1 aromatic carbocycles. The second kappa shape index (κ2) is 4.73. The molecule has 3 atom stereocenters. The summed E-state index contributed by atoms with van der Waals surface area (Å²) in [5.74, 6) is -0.488. The molecule has 1 aromatic rings. The topological polar surface area (TPSA) is 58.6 Å². The zero-order valence-corrected chi connectivity index (χ0v) is 13.7. The van der Waals surface area contributed by atoms with Crippen LogP contribution in [0.5, 0.6) is 0 Å². The van der Waals surface area contributed by atoms with Gasteiger partial charge >= 0.3 is 5.97 Å². The van der Waals surface area contributed by atoms with Gasteiger partial charge in [-0.05, 0) is 30.2 Å². The van der Waals surface area contributed by atoms with Crippen LogP contribution in [0.2, 0.25) is 0 Å². The van der Waals surface area contributed by atoms with Crippen molar-refractivity contribution in [2.75, 3.05) is 12.4 Å². The third-order valence-electron chi connectivity index (χ3n) is 4.56. The average Bonchev–Trinajstić information content (AvgIpc) is 2.87. The highest BCUT2D eigenvalue weighted by atomic mass is 79.9. The minimum Gasteiger partial charge on any atom is -0.467 e. The van der Waals surface area contributed by atoms with E-state index in [4.69, 9.17) is 4.74 Å². The number of rotatable bonds is 1. The summed E-state index contributed by atoms with van der Waals surface area (Å²) in [5, 5.41) is 3.38. The number of amides is 1. The molecule has 0 saturated carbocycles. The van der Waals surface area contributed by atoms with E-state index in [-0.39, 0.29) is 23.5 Å². The van der Waals surface area contributed by atoms with Crippen molar-refractivity contribution in [2.24, 2.45) is 0 Å². The Morgan fingerprint density at radius 3 is 2.81 bits per heavy atom. The maximum absolute atomic E-state index is 12.0. The van der Waals surface area contributed by atoms with Crippen molar-refractivity contribution in [1.82, 2.24) is 4.90 Å². The van der Waals surface area contributed by atoms with E-state index in [1.165, 1.54) is 14.0 Å². The fraction of sp³-hybridized carbons (Fsp3) is 0.467. The smallest absolute Gasteiger partial charge is 0.328 e. The van der Waals surface area contributed by atoms with Crippen molar-refractivity contribution in [1.29, 1.82) is 0 Å². The number of halogens is 1. The Hall–Kier alpha value is -1.56. The summed E-state index contributed by atoms with van der Waals surface area (Å²) >= 11 is 3.49. The first-order chi connectivity index (χ1) is 9.88. The summed E-state index contributed by atoms with van der Waals surface area (Å²) < 4.78 is 5.85. The molecule has 0 spiro atoms. The molecule has 0 radical (unpaired) electrons. The average molecular weight is 353 g/mol. The molecule has 21 heavy (non-hydrogen) atoms. The molecule has 0 aromatic heterocycles. The van der Waals surface area contributed by atoms with Gasteiger partial charge in [-0.25, -0.2) is 4.79 Å². The third-order valence-corrected chi connectivity index (χ3v) is 5.05. The number of benzene rings is 1. The van der Waals surface area contributed by atoms with E-state index in [1.54, 1.807) is 4.90 Å².